The van der Waals surface area contributed by atoms with Crippen molar-refractivity contribution in [1.82, 2.24) is 0 Å². The Hall–Kier alpha value is -2.89. The quantitative estimate of drug-likeness (QED) is 0.492. The zero-order valence-corrected chi connectivity index (χ0v) is 14.5. The van der Waals surface area contributed by atoms with Gasteiger partial charge in [-0.2, -0.15) is 0 Å². The van der Waals surface area contributed by atoms with Gasteiger partial charge < -0.3 is 4.74 Å². The number of hydrogen-bond acceptors (Lipinski definition) is 8. The van der Waals surface area contributed by atoms with Crippen LogP contribution in [0.1, 0.15) is 0 Å². The fourth-order valence-corrected chi connectivity index (χ4v) is 2.06. The van der Waals surface area contributed by atoms with Crippen molar-refractivity contribution in [2.75, 3.05) is 0 Å². The molecule has 0 aliphatic heterocycles. The highest BCUT2D eigenvalue weighted by atomic mass is 35.5. The summed E-state index contributed by atoms with van der Waals surface area (Å²) in [4.78, 5) is 30.9. The molecule has 26 heavy (non-hydrogen) atoms. The van der Waals surface area contributed by atoms with Gasteiger partial charge in [0.05, 0.1) is 9.95 Å². The van der Waals surface area contributed by atoms with Crippen molar-refractivity contribution in [2.45, 2.75) is 0 Å². The SMILES string of the molecule is O=[N+]([O-])O[N+](=O)[O-].O=[N+]([O-])c1cc(Cl)ccc1Oc1ccc(Cl)cc1Cl. The molecule has 2 rings (SSSR count). The summed E-state index contributed by atoms with van der Waals surface area (Å²) in [5, 5.41) is 26.8. The van der Waals surface area contributed by atoms with E-state index in [1.807, 2.05) is 0 Å². The van der Waals surface area contributed by atoms with Crippen molar-refractivity contribution in [2.24, 2.45) is 0 Å². The van der Waals surface area contributed by atoms with Crippen molar-refractivity contribution in [1.29, 1.82) is 0 Å². The van der Waals surface area contributed by atoms with Gasteiger partial charge in [-0.15, -0.1) is 20.2 Å². The predicted octanol–water partition coefficient (Wildman–Crippen LogP) is 4.73. The summed E-state index contributed by atoms with van der Waals surface area (Å²) in [6.07, 6.45) is 0. The maximum absolute atomic E-state index is 10.9. The van der Waals surface area contributed by atoms with E-state index < -0.39 is 15.1 Å². The molecule has 0 atom stereocenters. The second-order valence-electron chi connectivity index (χ2n) is 4.07. The van der Waals surface area contributed by atoms with E-state index in [0.717, 1.165) is 0 Å². The van der Waals surface area contributed by atoms with Gasteiger partial charge >= 0.3 is 15.9 Å². The molecular weight excluding hydrogens is 421 g/mol. The van der Waals surface area contributed by atoms with Gasteiger partial charge in [-0.05, 0) is 30.3 Å². The number of nitro groups is 1. The monoisotopic (exact) mass is 425 g/mol. The topological polar surface area (TPSA) is 148 Å². The van der Waals surface area contributed by atoms with E-state index in [1.54, 1.807) is 6.07 Å². The number of rotatable bonds is 5. The van der Waals surface area contributed by atoms with Crippen molar-refractivity contribution in [3.05, 3.63) is 81.8 Å². The van der Waals surface area contributed by atoms with Crippen LogP contribution in [0.4, 0.5) is 5.69 Å². The highest BCUT2D eigenvalue weighted by molar-refractivity contribution is 6.35. The lowest BCUT2D eigenvalue weighted by atomic mass is 10.3. The smallest absolute Gasteiger partial charge is 0.356 e. The second-order valence-corrected chi connectivity index (χ2v) is 5.35. The van der Waals surface area contributed by atoms with Crippen LogP contribution in [0.25, 0.3) is 0 Å². The van der Waals surface area contributed by atoms with Gasteiger partial charge in [0.2, 0.25) is 5.75 Å². The maximum Gasteiger partial charge on any atom is 0.356 e. The number of nitro benzene ring substituents is 1. The minimum Gasteiger partial charge on any atom is -0.449 e. The van der Waals surface area contributed by atoms with Gasteiger partial charge in [-0.1, -0.05) is 34.8 Å². The van der Waals surface area contributed by atoms with Crippen LogP contribution in [0.15, 0.2) is 36.4 Å². The first-order valence-electron chi connectivity index (χ1n) is 6.14. The van der Waals surface area contributed by atoms with Crippen molar-refractivity contribution >= 4 is 40.5 Å². The predicted molar refractivity (Wildman–Crippen MR) is 89.7 cm³/mol. The van der Waals surface area contributed by atoms with Crippen molar-refractivity contribution in [3.63, 3.8) is 0 Å². The number of ether oxygens (including phenoxy) is 1. The average molecular weight is 427 g/mol. The molecule has 0 heterocycles. The Morgan fingerprint density at radius 3 is 1.69 bits per heavy atom. The van der Waals surface area contributed by atoms with Crippen molar-refractivity contribution < 1.29 is 24.8 Å². The van der Waals surface area contributed by atoms with Gasteiger partial charge in [0.1, 0.15) is 5.75 Å². The summed E-state index contributed by atoms with van der Waals surface area (Å²) < 4.78 is 5.42. The van der Waals surface area contributed by atoms with E-state index in [-0.39, 0.29) is 27.2 Å². The molecule has 0 saturated heterocycles. The van der Waals surface area contributed by atoms with E-state index >= 15 is 0 Å². The summed E-state index contributed by atoms with van der Waals surface area (Å²) in [5.74, 6) is 0.329. The number of benzene rings is 2. The largest absolute Gasteiger partial charge is 0.449 e. The molecular formula is C12H6Cl3N3O8. The Kier molecular flexibility index (Phi) is 7.77. The minimum atomic E-state index is -1.50. The van der Waals surface area contributed by atoms with Crippen molar-refractivity contribution in [3.8, 4) is 11.5 Å². The molecule has 0 spiro atoms. The number of halogens is 3. The molecule has 0 aliphatic rings. The number of nitrogens with zero attached hydrogens (tertiary/aromatic N) is 3. The third-order valence-electron chi connectivity index (χ3n) is 2.36. The van der Waals surface area contributed by atoms with Crippen LogP contribution in [-0.4, -0.2) is 15.1 Å². The minimum absolute atomic E-state index is 0.0543. The summed E-state index contributed by atoms with van der Waals surface area (Å²) in [6, 6.07) is 8.70. The first kappa shape index (κ1) is 21.2. The fraction of sp³-hybridized carbons (Fsp3) is 0. The van der Waals surface area contributed by atoms with E-state index in [0.29, 0.717) is 5.02 Å². The molecule has 2 aromatic carbocycles. The maximum atomic E-state index is 10.9. The zero-order chi connectivity index (χ0) is 19.9. The lowest BCUT2D eigenvalue weighted by Gasteiger charge is -2.08. The molecule has 0 amide bonds. The van der Waals surface area contributed by atoms with E-state index in [1.165, 1.54) is 30.3 Å². The third-order valence-corrected chi connectivity index (χ3v) is 3.13. The lowest BCUT2D eigenvalue weighted by molar-refractivity contribution is -1.03. The molecule has 2 aromatic rings. The summed E-state index contributed by atoms with van der Waals surface area (Å²) in [5.41, 5.74) is -0.237. The number of hydrogen-bond donors (Lipinski definition) is 0. The van der Waals surface area contributed by atoms with Crippen LogP contribution in [-0.2, 0) is 4.94 Å². The molecule has 0 fully saturated rings. The van der Waals surface area contributed by atoms with Gasteiger partial charge in [0.15, 0.2) is 0 Å². The van der Waals surface area contributed by atoms with Crippen LogP contribution in [0.5, 0.6) is 11.5 Å². The molecule has 138 valence electrons. The first-order valence-corrected chi connectivity index (χ1v) is 7.27. The van der Waals surface area contributed by atoms with Gasteiger partial charge in [-0.3, -0.25) is 10.1 Å². The Morgan fingerprint density at radius 2 is 1.27 bits per heavy atom. The zero-order valence-electron chi connectivity index (χ0n) is 12.2. The van der Waals surface area contributed by atoms with Crippen LogP contribution >= 0.6 is 34.8 Å². The molecule has 14 heteroatoms. The fourth-order valence-electron chi connectivity index (χ4n) is 1.45. The van der Waals surface area contributed by atoms with E-state index in [9.17, 15) is 10.1 Å². The summed E-state index contributed by atoms with van der Waals surface area (Å²) >= 11 is 17.4. The molecule has 0 aromatic heterocycles. The van der Waals surface area contributed by atoms with Crippen LogP contribution < -0.4 is 4.74 Å². The average Bonchev–Trinajstić information content (AvgIpc) is 2.50. The molecule has 0 bridgehead atoms. The Bertz CT molecular complexity index is 836. The van der Waals surface area contributed by atoms with E-state index in [4.69, 9.17) is 59.8 Å². The normalized spacial score (nSPS) is 9.50. The highest BCUT2D eigenvalue weighted by Gasteiger charge is 2.17. The summed E-state index contributed by atoms with van der Waals surface area (Å²) in [7, 11) is 0. The standard InChI is InChI=1S/C12H6Cl3NO3.N2O5/c13-7-1-3-11(9(15)5-7)19-12-4-2-8(14)6-10(12)16(17)18;3-1(4)7-2(5)6/h1-6H;. The Balaban J connectivity index is 0.000000412. The van der Waals surface area contributed by atoms with Crippen LogP contribution in [0.3, 0.4) is 0 Å². The molecule has 0 aliphatic carbocycles. The van der Waals surface area contributed by atoms with Crippen LogP contribution in [0, 0.1) is 30.3 Å². The van der Waals surface area contributed by atoms with Gasteiger partial charge in [-0.25, -0.2) is 0 Å². The van der Waals surface area contributed by atoms with Gasteiger partial charge in [0, 0.05) is 21.0 Å². The first-order chi connectivity index (χ1) is 12.1. The summed E-state index contributed by atoms with van der Waals surface area (Å²) in [6.45, 7) is 0. The van der Waals surface area contributed by atoms with Gasteiger partial charge in [0.25, 0.3) is 0 Å². The Labute approximate surface area is 158 Å². The molecule has 0 saturated carbocycles. The molecule has 0 radical (unpaired) electrons. The van der Waals surface area contributed by atoms with E-state index in [2.05, 4.69) is 4.94 Å². The lowest BCUT2D eigenvalue weighted by Crippen LogP contribution is -2.06. The highest BCUT2D eigenvalue weighted by Crippen LogP contribution is 2.37. The second kappa shape index (κ2) is 9.56. The molecule has 11 nitrogen and oxygen atoms in total. The third kappa shape index (κ3) is 6.93. The van der Waals surface area contributed by atoms with Crippen LogP contribution in [0.2, 0.25) is 15.1 Å². The molecule has 0 unspecified atom stereocenters. The Morgan fingerprint density at radius 1 is 0.769 bits per heavy atom. The molecule has 0 N–H and O–H groups in total.